The predicted octanol–water partition coefficient (Wildman–Crippen LogP) is 5.20. The number of carbonyl (C=O) groups is 1. The van der Waals surface area contributed by atoms with E-state index in [1.165, 1.54) is 50.0 Å². The molecule has 4 aliphatic rings. The third-order valence-electron chi connectivity index (χ3n) is 9.24. The molecule has 45 heavy (non-hydrogen) atoms. The highest BCUT2D eigenvalue weighted by molar-refractivity contribution is 8.12. The Kier molecular flexibility index (Phi) is 8.35. The molecule has 0 amide bonds. The zero-order valence-corrected chi connectivity index (χ0v) is 27.3. The Morgan fingerprint density at radius 1 is 1.09 bits per heavy atom. The minimum Gasteiger partial charge on any atom is -0.495 e. The van der Waals surface area contributed by atoms with E-state index in [9.17, 15) is 13.2 Å². The van der Waals surface area contributed by atoms with Crippen LogP contribution < -0.4 is 15.0 Å². The van der Waals surface area contributed by atoms with Gasteiger partial charge in [0.05, 0.1) is 41.0 Å². The number of fused-ring (bicyclic) bond motifs is 4. The monoisotopic (exact) mass is 650 g/mol. The lowest BCUT2D eigenvalue weighted by molar-refractivity contribution is -0.135. The molecular weight excluding hydrogens is 613 g/mol. The highest BCUT2D eigenvalue weighted by Crippen LogP contribution is 2.47. The van der Waals surface area contributed by atoms with Gasteiger partial charge in [0.15, 0.2) is 15.7 Å². The topological polar surface area (TPSA) is 95.8 Å². The average Bonchev–Trinajstić information content (AvgIpc) is 3.55. The van der Waals surface area contributed by atoms with Gasteiger partial charge in [0, 0.05) is 47.1 Å². The zero-order valence-electron chi connectivity index (χ0n) is 25.7. The van der Waals surface area contributed by atoms with Crippen LogP contribution in [0.15, 0.2) is 51.8 Å². The number of methoxy groups -OCH3 is 1. The fourth-order valence-corrected chi connectivity index (χ4v) is 8.85. The van der Waals surface area contributed by atoms with E-state index in [-0.39, 0.29) is 17.5 Å². The number of sulfone groups is 1. The lowest BCUT2D eigenvalue weighted by Crippen LogP contribution is -2.37. The van der Waals surface area contributed by atoms with Crippen molar-refractivity contribution in [3.05, 3.63) is 68.9 Å². The van der Waals surface area contributed by atoms with Gasteiger partial charge in [-0.25, -0.2) is 13.2 Å². The minimum absolute atomic E-state index is 0.194. The van der Waals surface area contributed by atoms with Crippen molar-refractivity contribution in [1.82, 2.24) is 4.40 Å². The van der Waals surface area contributed by atoms with E-state index in [4.69, 9.17) is 18.9 Å². The molecule has 1 saturated heterocycles. The number of hydrogen-bond acceptors (Lipinski definition) is 9. The van der Waals surface area contributed by atoms with Crippen molar-refractivity contribution < 1.29 is 32.2 Å². The number of allylic oxidation sites excluding steroid dienone is 1. The molecule has 2 fully saturated rings. The summed E-state index contributed by atoms with van der Waals surface area (Å²) in [7, 11) is -1.98. The van der Waals surface area contributed by atoms with Crippen molar-refractivity contribution in [2.75, 3.05) is 51.2 Å². The number of esters is 1. The molecule has 0 unspecified atom stereocenters. The molecule has 238 valence electrons. The van der Waals surface area contributed by atoms with Crippen LogP contribution in [0.25, 0.3) is 16.7 Å². The van der Waals surface area contributed by atoms with Gasteiger partial charge in [0.2, 0.25) is 0 Å². The third kappa shape index (κ3) is 5.74. The minimum atomic E-state index is -3.40. The molecular formula is C34H38N2O7S2. The summed E-state index contributed by atoms with van der Waals surface area (Å²) in [6, 6.07) is 9.41. The summed E-state index contributed by atoms with van der Waals surface area (Å²) in [4.78, 5) is 16.8. The Balaban J connectivity index is 1.32. The van der Waals surface area contributed by atoms with E-state index in [1.54, 1.807) is 12.1 Å². The van der Waals surface area contributed by atoms with Gasteiger partial charge in [-0.2, -0.15) is 0 Å². The Bertz CT molecular complexity index is 1860. The summed E-state index contributed by atoms with van der Waals surface area (Å²) < 4.78 is 50.5. The maximum atomic E-state index is 12.6. The van der Waals surface area contributed by atoms with Gasteiger partial charge in [-0.3, -0.25) is 4.40 Å². The van der Waals surface area contributed by atoms with Crippen LogP contribution in [-0.2, 0) is 35.4 Å². The number of benzene rings is 1. The normalized spacial score (nSPS) is 19.2. The van der Waals surface area contributed by atoms with Crippen molar-refractivity contribution in [1.29, 1.82) is 0 Å². The SMILES string of the molecule is COC(=O)C1=CCC2=C(S1)c1c(C3CCCCC3)c3ccc(OCc4cc(S(C)(=O)=O)ccc4N4CCOCC4)n3c1=COC2. The van der Waals surface area contributed by atoms with Crippen LogP contribution in [-0.4, -0.2) is 65.1 Å². The first kappa shape index (κ1) is 30.3. The van der Waals surface area contributed by atoms with Gasteiger partial charge in [-0.05, 0) is 60.6 Å². The molecule has 1 aromatic carbocycles. The number of nitrogens with zero attached hydrogens (tertiary/aromatic N) is 2. The number of rotatable bonds is 7. The van der Waals surface area contributed by atoms with E-state index in [1.807, 2.05) is 24.5 Å². The van der Waals surface area contributed by atoms with Crippen molar-refractivity contribution in [2.45, 2.75) is 55.9 Å². The van der Waals surface area contributed by atoms with E-state index < -0.39 is 9.84 Å². The van der Waals surface area contributed by atoms with Crippen LogP contribution >= 0.6 is 11.8 Å². The molecule has 7 rings (SSSR count). The molecule has 3 aromatic rings. The second-order valence-corrected chi connectivity index (χ2v) is 15.1. The van der Waals surface area contributed by atoms with Gasteiger partial charge in [-0.1, -0.05) is 37.1 Å². The number of ether oxygens (including phenoxy) is 4. The zero-order chi connectivity index (χ0) is 31.1. The molecule has 0 atom stereocenters. The Morgan fingerprint density at radius 3 is 2.64 bits per heavy atom. The van der Waals surface area contributed by atoms with Crippen molar-refractivity contribution in [3.63, 3.8) is 0 Å². The van der Waals surface area contributed by atoms with Crippen molar-refractivity contribution in [2.24, 2.45) is 0 Å². The Hall–Kier alpha value is -3.41. The highest BCUT2D eigenvalue weighted by Gasteiger charge is 2.33. The molecule has 3 aliphatic heterocycles. The molecule has 9 nitrogen and oxygen atoms in total. The molecule has 0 spiro atoms. The van der Waals surface area contributed by atoms with Crippen LogP contribution in [0.4, 0.5) is 5.69 Å². The average molecular weight is 651 g/mol. The number of thioether (sulfide) groups is 1. The molecule has 0 N–H and O–H groups in total. The van der Waals surface area contributed by atoms with E-state index in [0.29, 0.717) is 42.9 Å². The predicted molar refractivity (Wildman–Crippen MR) is 175 cm³/mol. The van der Waals surface area contributed by atoms with Gasteiger partial charge in [-0.15, -0.1) is 0 Å². The maximum absolute atomic E-state index is 12.6. The fourth-order valence-electron chi connectivity index (χ4n) is 7.03. The number of carbonyl (C=O) groups excluding carboxylic acids is 1. The Morgan fingerprint density at radius 2 is 1.89 bits per heavy atom. The first-order chi connectivity index (χ1) is 21.8. The van der Waals surface area contributed by atoms with Gasteiger partial charge >= 0.3 is 5.97 Å². The number of morpholine rings is 1. The smallest absolute Gasteiger partial charge is 0.344 e. The van der Waals surface area contributed by atoms with Crippen molar-refractivity contribution in [3.8, 4) is 5.88 Å². The number of anilines is 1. The Labute approximate surface area is 267 Å². The molecule has 0 bridgehead atoms. The standard InChI is InChI=1S/C34H38N2O7S2/c1-40-34(37)29-12-8-23-19-42-21-28-32(33(23)44-29)31(22-6-4-3-5-7-22)27-11-13-30(36(27)28)43-20-24-18-25(45(2,38)39)9-10-26(24)35-14-16-41-17-15-35/h9-13,18,21-22H,3-8,14-17,19-20H2,1-2H3. The van der Waals surface area contributed by atoms with Gasteiger partial charge < -0.3 is 23.8 Å². The van der Waals surface area contributed by atoms with Crippen LogP contribution in [0.3, 0.4) is 0 Å². The van der Waals surface area contributed by atoms with Crippen LogP contribution in [0.2, 0.25) is 0 Å². The summed E-state index contributed by atoms with van der Waals surface area (Å²) in [5.41, 5.74) is 6.42. The van der Waals surface area contributed by atoms with E-state index in [2.05, 4.69) is 15.4 Å². The maximum Gasteiger partial charge on any atom is 0.344 e. The lowest BCUT2D eigenvalue weighted by Gasteiger charge is -2.30. The largest absolute Gasteiger partial charge is 0.495 e. The summed E-state index contributed by atoms with van der Waals surface area (Å²) in [6.07, 6.45) is 11.5. The third-order valence-corrected chi connectivity index (χ3v) is 11.6. The summed E-state index contributed by atoms with van der Waals surface area (Å²) in [5, 5.41) is 0.910. The van der Waals surface area contributed by atoms with Crippen LogP contribution in [0.5, 0.6) is 5.88 Å². The van der Waals surface area contributed by atoms with Crippen LogP contribution in [0.1, 0.15) is 61.1 Å². The molecule has 0 radical (unpaired) electrons. The second kappa shape index (κ2) is 12.4. The molecule has 1 saturated carbocycles. The fraction of sp³-hybridized carbons (Fsp3) is 0.441. The van der Waals surface area contributed by atoms with E-state index in [0.717, 1.165) is 64.1 Å². The highest BCUT2D eigenvalue weighted by atomic mass is 32.2. The molecule has 2 aromatic heterocycles. The van der Waals surface area contributed by atoms with Gasteiger partial charge in [0.25, 0.3) is 0 Å². The van der Waals surface area contributed by atoms with E-state index >= 15 is 0 Å². The first-order valence-electron chi connectivity index (χ1n) is 15.6. The van der Waals surface area contributed by atoms with Crippen LogP contribution in [0, 0.1) is 0 Å². The molecule has 1 aliphatic carbocycles. The van der Waals surface area contributed by atoms with Crippen molar-refractivity contribution >= 4 is 49.9 Å². The number of hydrogen-bond donors (Lipinski definition) is 0. The summed E-state index contributed by atoms with van der Waals surface area (Å²) >= 11 is 1.48. The lowest BCUT2D eigenvalue weighted by atomic mass is 9.82. The summed E-state index contributed by atoms with van der Waals surface area (Å²) in [5.74, 6) is 0.728. The molecule has 11 heteroatoms. The summed E-state index contributed by atoms with van der Waals surface area (Å²) in [6.45, 7) is 3.34. The first-order valence-corrected chi connectivity index (χ1v) is 18.3. The molecule has 5 heterocycles. The quantitative estimate of drug-likeness (QED) is 0.320. The van der Waals surface area contributed by atoms with Gasteiger partial charge in [0.1, 0.15) is 19.5 Å². The second-order valence-electron chi connectivity index (χ2n) is 12.1. The number of aromatic nitrogens is 1.